The number of carbonyl (C=O) groups is 1. The summed E-state index contributed by atoms with van der Waals surface area (Å²) in [6.07, 6.45) is -5.65. The monoisotopic (exact) mass is 325 g/mol. The minimum atomic E-state index is -4.42. The number of carboxylic acid groups (broad SMARTS) is 1. The van der Waals surface area contributed by atoms with E-state index in [2.05, 4.69) is 0 Å². The van der Waals surface area contributed by atoms with Crippen molar-refractivity contribution in [3.63, 3.8) is 0 Å². The number of hydrogen-bond donors (Lipinski definition) is 1. The van der Waals surface area contributed by atoms with Gasteiger partial charge in [0.05, 0.1) is 17.7 Å². The first-order valence-corrected chi connectivity index (χ1v) is 7.45. The molecule has 0 bridgehead atoms. The van der Waals surface area contributed by atoms with Gasteiger partial charge in [0.25, 0.3) is 0 Å². The van der Waals surface area contributed by atoms with Crippen molar-refractivity contribution in [1.29, 1.82) is 0 Å². The van der Waals surface area contributed by atoms with Gasteiger partial charge in [-0.15, -0.1) is 0 Å². The second kappa shape index (κ2) is 6.44. The lowest BCUT2D eigenvalue weighted by molar-refractivity contribution is -0.135. The number of alkyl halides is 3. The summed E-state index contributed by atoms with van der Waals surface area (Å²) in [7, 11) is -2.81. The Balaban J connectivity index is 2.73. The lowest BCUT2D eigenvalue weighted by Crippen LogP contribution is -2.31. The molecule has 21 heavy (non-hydrogen) atoms. The zero-order valence-electron chi connectivity index (χ0n) is 11.1. The summed E-state index contributed by atoms with van der Waals surface area (Å²) in [5.41, 5.74) is 0.306. The van der Waals surface area contributed by atoms with Crippen LogP contribution in [0.3, 0.4) is 0 Å². The van der Waals surface area contributed by atoms with Gasteiger partial charge in [-0.25, -0.2) is 17.5 Å². The first-order valence-electron chi connectivity index (χ1n) is 5.84. The number of aromatic carboxylic acids is 1. The summed E-state index contributed by atoms with van der Waals surface area (Å²) in [6.45, 7) is -0.654. The highest BCUT2D eigenvalue weighted by molar-refractivity contribution is 7.88. The molecule has 0 unspecified atom stereocenters. The topological polar surface area (TPSA) is 74.7 Å². The van der Waals surface area contributed by atoms with E-state index < -0.39 is 40.9 Å². The third-order valence-corrected chi connectivity index (χ3v) is 4.57. The first kappa shape index (κ1) is 17.4. The molecule has 9 heteroatoms. The average Bonchev–Trinajstić information content (AvgIpc) is 2.35. The molecule has 1 aromatic rings. The highest BCUT2D eigenvalue weighted by Gasteiger charge is 2.29. The van der Waals surface area contributed by atoms with Crippen LogP contribution in [0.15, 0.2) is 24.3 Å². The molecule has 1 N–H and O–H groups in total. The number of benzene rings is 1. The van der Waals surface area contributed by atoms with Gasteiger partial charge >= 0.3 is 12.1 Å². The van der Waals surface area contributed by atoms with Crippen molar-refractivity contribution in [3.8, 4) is 0 Å². The summed E-state index contributed by atoms with van der Waals surface area (Å²) in [4.78, 5) is 10.7. The van der Waals surface area contributed by atoms with Gasteiger partial charge in [0.2, 0.25) is 10.0 Å². The summed E-state index contributed by atoms with van der Waals surface area (Å²) in [5, 5.41) is 8.71. The van der Waals surface area contributed by atoms with Gasteiger partial charge < -0.3 is 5.11 Å². The van der Waals surface area contributed by atoms with Gasteiger partial charge in [-0.1, -0.05) is 12.1 Å². The zero-order chi connectivity index (χ0) is 16.3. The molecule has 0 saturated carbocycles. The van der Waals surface area contributed by atoms with Crippen molar-refractivity contribution in [3.05, 3.63) is 35.4 Å². The van der Waals surface area contributed by atoms with Crippen molar-refractivity contribution in [1.82, 2.24) is 4.31 Å². The Kier molecular flexibility index (Phi) is 5.35. The van der Waals surface area contributed by atoms with Crippen LogP contribution < -0.4 is 0 Å². The van der Waals surface area contributed by atoms with E-state index in [1.807, 2.05) is 0 Å². The largest absolute Gasteiger partial charge is 0.478 e. The van der Waals surface area contributed by atoms with Crippen LogP contribution in [0.25, 0.3) is 0 Å². The fourth-order valence-electron chi connectivity index (χ4n) is 1.49. The van der Waals surface area contributed by atoms with Crippen LogP contribution in [0.5, 0.6) is 0 Å². The quantitative estimate of drug-likeness (QED) is 0.869. The maximum Gasteiger partial charge on any atom is 0.390 e. The van der Waals surface area contributed by atoms with Crippen molar-refractivity contribution in [2.45, 2.75) is 18.3 Å². The summed E-state index contributed by atoms with van der Waals surface area (Å²) in [5.74, 6) is -1.63. The summed E-state index contributed by atoms with van der Waals surface area (Å²) in [6, 6.07) is 5.11. The highest BCUT2D eigenvalue weighted by Crippen LogP contribution is 2.21. The number of sulfonamides is 1. The maximum absolute atomic E-state index is 12.1. The van der Waals surface area contributed by atoms with Crippen LogP contribution >= 0.6 is 0 Å². The Morgan fingerprint density at radius 2 is 1.76 bits per heavy atom. The van der Waals surface area contributed by atoms with Gasteiger partial charge in [0.15, 0.2) is 0 Å². The van der Waals surface area contributed by atoms with Gasteiger partial charge in [0, 0.05) is 13.6 Å². The summed E-state index contributed by atoms with van der Waals surface area (Å²) >= 11 is 0. The predicted octanol–water partition coefficient (Wildman–Crippen LogP) is 2.10. The second-order valence-electron chi connectivity index (χ2n) is 4.45. The van der Waals surface area contributed by atoms with E-state index >= 15 is 0 Å². The number of hydrogen-bond acceptors (Lipinski definition) is 3. The fourth-order valence-corrected chi connectivity index (χ4v) is 2.69. The highest BCUT2D eigenvalue weighted by atomic mass is 32.2. The molecule has 0 aliphatic rings. The van der Waals surface area contributed by atoms with E-state index in [0.717, 1.165) is 7.05 Å². The average molecular weight is 325 g/mol. The molecule has 0 atom stereocenters. The molecule has 0 aliphatic heterocycles. The molecular weight excluding hydrogens is 311 g/mol. The molecule has 0 fully saturated rings. The molecule has 0 amide bonds. The van der Waals surface area contributed by atoms with Gasteiger partial charge in [-0.3, -0.25) is 0 Å². The van der Waals surface area contributed by atoms with E-state index in [0.29, 0.717) is 9.87 Å². The molecule has 118 valence electrons. The van der Waals surface area contributed by atoms with E-state index in [9.17, 15) is 26.4 Å². The molecule has 0 heterocycles. The number of carboxylic acids is 1. The SMILES string of the molecule is CN(CCC(F)(F)F)S(=O)(=O)Cc1ccc(C(=O)O)cc1. The minimum absolute atomic E-state index is 0.00146. The minimum Gasteiger partial charge on any atom is -0.478 e. The standard InChI is InChI=1S/C12H14F3NO4S/c1-16(7-6-12(13,14)15)21(19,20)8-9-2-4-10(5-3-9)11(17)18/h2-5H,6-8H2,1H3,(H,17,18). The predicted molar refractivity (Wildman–Crippen MR) is 69.3 cm³/mol. The van der Waals surface area contributed by atoms with Crippen LogP contribution in [-0.2, 0) is 15.8 Å². The number of halogens is 3. The molecule has 1 aromatic carbocycles. The van der Waals surface area contributed by atoms with E-state index in [-0.39, 0.29) is 5.56 Å². The first-order chi connectivity index (χ1) is 9.51. The van der Waals surface area contributed by atoms with Crippen molar-refractivity contribution >= 4 is 16.0 Å². The molecule has 0 saturated heterocycles. The Bertz CT molecular complexity index is 596. The number of rotatable bonds is 6. The van der Waals surface area contributed by atoms with Crippen LogP contribution in [0.2, 0.25) is 0 Å². The molecule has 0 aromatic heterocycles. The molecule has 0 aliphatic carbocycles. The van der Waals surface area contributed by atoms with E-state index in [4.69, 9.17) is 5.11 Å². The molecule has 5 nitrogen and oxygen atoms in total. The maximum atomic E-state index is 12.1. The lowest BCUT2D eigenvalue weighted by atomic mass is 10.1. The van der Waals surface area contributed by atoms with Crippen molar-refractivity contribution < 1.29 is 31.5 Å². The second-order valence-corrected chi connectivity index (χ2v) is 6.52. The van der Waals surface area contributed by atoms with Crippen LogP contribution in [0.1, 0.15) is 22.3 Å². The van der Waals surface area contributed by atoms with Gasteiger partial charge in [0.1, 0.15) is 0 Å². The third kappa shape index (κ3) is 5.72. The Labute approximate surface area is 120 Å². The fraction of sp³-hybridized carbons (Fsp3) is 0.417. The Hall–Kier alpha value is -1.61. The van der Waals surface area contributed by atoms with Gasteiger partial charge in [-0.05, 0) is 17.7 Å². The van der Waals surface area contributed by atoms with Crippen LogP contribution in [0, 0.1) is 0 Å². The smallest absolute Gasteiger partial charge is 0.390 e. The molecule has 0 spiro atoms. The molecule has 0 radical (unpaired) electrons. The van der Waals surface area contributed by atoms with Crippen molar-refractivity contribution in [2.24, 2.45) is 0 Å². The number of nitrogens with zero attached hydrogens (tertiary/aromatic N) is 1. The summed E-state index contributed by atoms with van der Waals surface area (Å²) < 4.78 is 60.6. The third-order valence-electron chi connectivity index (χ3n) is 2.73. The normalized spacial score (nSPS) is 12.6. The van der Waals surface area contributed by atoms with Crippen molar-refractivity contribution in [2.75, 3.05) is 13.6 Å². The van der Waals surface area contributed by atoms with E-state index in [1.165, 1.54) is 24.3 Å². The van der Waals surface area contributed by atoms with Crippen LogP contribution in [-0.4, -0.2) is 43.6 Å². The van der Waals surface area contributed by atoms with E-state index in [1.54, 1.807) is 0 Å². The lowest BCUT2D eigenvalue weighted by Gasteiger charge is -2.18. The Morgan fingerprint density at radius 3 is 2.19 bits per heavy atom. The molecule has 1 rings (SSSR count). The zero-order valence-corrected chi connectivity index (χ0v) is 11.9. The van der Waals surface area contributed by atoms with Gasteiger partial charge in [-0.2, -0.15) is 13.2 Å². The van der Waals surface area contributed by atoms with Crippen LogP contribution in [0.4, 0.5) is 13.2 Å². The Morgan fingerprint density at radius 1 is 1.24 bits per heavy atom. The molecular formula is C12H14F3NO4S.